The summed E-state index contributed by atoms with van der Waals surface area (Å²) in [5.74, 6) is 1.30. The van der Waals surface area contributed by atoms with Crippen LogP contribution in [0.4, 0.5) is 0 Å². The topological polar surface area (TPSA) is 61.8 Å². The largest absolute Gasteiger partial charge is 0.490 e. The highest BCUT2D eigenvalue weighted by molar-refractivity contribution is 5.80. The molecule has 1 saturated carbocycles. The Labute approximate surface area is 186 Å². The van der Waals surface area contributed by atoms with E-state index in [1.807, 2.05) is 67.9 Å². The molecule has 0 aromatic heterocycles. The van der Waals surface area contributed by atoms with Gasteiger partial charge in [-0.3, -0.25) is 14.9 Å². The summed E-state index contributed by atoms with van der Waals surface area (Å²) in [6.07, 6.45) is 5.97. The van der Waals surface area contributed by atoms with Crippen LogP contribution < -0.4 is 10.2 Å². The number of carbonyl (C=O) groups excluding carboxylic acids is 1. The molecule has 2 N–H and O–H groups in total. The quantitative estimate of drug-likeness (QED) is 0.414. The summed E-state index contributed by atoms with van der Waals surface area (Å²) < 4.78 is 6.13. The molecule has 0 heterocycles. The van der Waals surface area contributed by atoms with Crippen LogP contribution in [-0.4, -0.2) is 35.2 Å². The molecule has 3 rings (SSSR count). The van der Waals surface area contributed by atoms with Crippen molar-refractivity contribution in [1.29, 1.82) is 0 Å². The highest BCUT2D eigenvalue weighted by atomic mass is 16.5. The van der Waals surface area contributed by atoms with Crippen LogP contribution in [0.15, 0.2) is 60.7 Å². The molecule has 0 bridgehead atoms. The SMILES string of the molecule is CC(C)(CN(CCC1CCC(Oc2ccccc2)CC1)Cc1ccccc1)C(=O)NO. The predicted molar refractivity (Wildman–Crippen MR) is 123 cm³/mol. The van der Waals surface area contributed by atoms with E-state index >= 15 is 0 Å². The fourth-order valence-corrected chi connectivity index (χ4v) is 4.43. The Hall–Kier alpha value is -2.37. The first-order valence-corrected chi connectivity index (χ1v) is 11.4. The summed E-state index contributed by atoms with van der Waals surface area (Å²) in [5.41, 5.74) is 2.40. The Balaban J connectivity index is 1.52. The first kappa shape index (κ1) is 23.3. The molecule has 5 heteroatoms. The second-order valence-electron chi connectivity index (χ2n) is 9.38. The molecule has 2 aromatic carbocycles. The van der Waals surface area contributed by atoms with Gasteiger partial charge in [0.1, 0.15) is 5.75 Å². The Morgan fingerprint density at radius 3 is 2.26 bits per heavy atom. The van der Waals surface area contributed by atoms with E-state index in [9.17, 15) is 4.79 Å². The van der Waals surface area contributed by atoms with Crippen molar-refractivity contribution in [3.05, 3.63) is 66.2 Å². The molecule has 0 atom stereocenters. The van der Waals surface area contributed by atoms with E-state index in [4.69, 9.17) is 9.94 Å². The maximum absolute atomic E-state index is 12.1. The third-order valence-corrected chi connectivity index (χ3v) is 6.28. The maximum Gasteiger partial charge on any atom is 0.250 e. The Morgan fingerprint density at radius 2 is 1.65 bits per heavy atom. The van der Waals surface area contributed by atoms with Gasteiger partial charge < -0.3 is 4.74 Å². The van der Waals surface area contributed by atoms with Crippen LogP contribution in [0.25, 0.3) is 0 Å². The number of hydrogen-bond donors (Lipinski definition) is 2. The van der Waals surface area contributed by atoms with E-state index in [2.05, 4.69) is 17.0 Å². The van der Waals surface area contributed by atoms with E-state index < -0.39 is 5.41 Å². The lowest BCUT2D eigenvalue weighted by Crippen LogP contribution is -2.44. The smallest absolute Gasteiger partial charge is 0.250 e. The highest BCUT2D eigenvalue weighted by Gasteiger charge is 2.30. The fraction of sp³-hybridized carbons (Fsp3) is 0.500. The molecule has 0 saturated heterocycles. The lowest BCUT2D eigenvalue weighted by molar-refractivity contribution is -0.139. The normalized spacial score (nSPS) is 19.2. The van der Waals surface area contributed by atoms with Gasteiger partial charge in [-0.15, -0.1) is 0 Å². The molecule has 0 aliphatic heterocycles. The Kier molecular flexibility index (Phi) is 8.50. The summed E-state index contributed by atoms with van der Waals surface area (Å²) >= 11 is 0. The van der Waals surface area contributed by atoms with Gasteiger partial charge >= 0.3 is 0 Å². The lowest BCUT2D eigenvalue weighted by atomic mass is 9.84. The maximum atomic E-state index is 12.1. The van der Waals surface area contributed by atoms with Crippen LogP contribution in [0.1, 0.15) is 51.5 Å². The van der Waals surface area contributed by atoms with Crippen LogP contribution in [0.5, 0.6) is 5.75 Å². The molecular formula is C26H36N2O3. The average Bonchev–Trinajstić information content (AvgIpc) is 2.79. The van der Waals surface area contributed by atoms with E-state index in [0.29, 0.717) is 18.6 Å². The number of nitrogens with zero attached hydrogens (tertiary/aromatic N) is 1. The van der Waals surface area contributed by atoms with Crippen molar-refractivity contribution in [1.82, 2.24) is 10.4 Å². The lowest BCUT2D eigenvalue weighted by Gasteiger charge is -2.34. The monoisotopic (exact) mass is 424 g/mol. The minimum absolute atomic E-state index is 0.311. The van der Waals surface area contributed by atoms with Gasteiger partial charge in [0.15, 0.2) is 0 Å². The molecule has 1 fully saturated rings. The second kappa shape index (κ2) is 11.3. The molecule has 0 spiro atoms. The van der Waals surface area contributed by atoms with E-state index in [1.54, 1.807) is 0 Å². The van der Waals surface area contributed by atoms with Crippen LogP contribution in [0, 0.1) is 11.3 Å². The van der Waals surface area contributed by atoms with Crippen molar-refractivity contribution in [3.8, 4) is 5.75 Å². The zero-order valence-corrected chi connectivity index (χ0v) is 18.8. The predicted octanol–water partition coefficient (Wildman–Crippen LogP) is 5.05. The average molecular weight is 425 g/mol. The number of carbonyl (C=O) groups is 1. The van der Waals surface area contributed by atoms with Gasteiger partial charge in [0.25, 0.3) is 0 Å². The Morgan fingerprint density at radius 1 is 1.03 bits per heavy atom. The number of rotatable bonds is 10. The number of hydrogen-bond acceptors (Lipinski definition) is 4. The minimum atomic E-state index is -0.662. The molecule has 1 aliphatic rings. The molecule has 2 aromatic rings. The summed E-state index contributed by atoms with van der Waals surface area (Å²) in [6.45, 7) is 6.09. The van der Waals surface area contributed by atoms with Gasteiger partial charge in [-0.1, -0.05) is 48.5 Å². The van der Waals surface area contributed by atoms with Gasteiger partial charge in [-0.25, -0.2) is 5.48 Å². The molecule has 1 amide bonds. The number of hydroxylamine groups is 1. The summed E-state index contributed by atoms with van der Waals surface area (Å²) in [5, 5.41) is 9.11. The number of para-hydroxylation sites is 1. The van der Waals surface area contributed by atoms with Crippen molar-refractivity contribution in [2.45, 2.75) is 58.6 Å². The number of benzene rings is 2. The molecular weight excluding hydrogens is 388 g/mol. The highest BCUT2D eigenvalue weighted by Crippen LogP contribution is 2.30. The zero-order valence-electron chi connectivity index (χ0n) is 18.8. The number of amides is 1. The van der Waals surface area contributed by atoms with Gasteiger partial charge in [0, 0.05) is 13.1 Å². The molecule has 31 heavy (non-hydrogen) atoms. The number of ether oxygens (including phenoxy) is 1. The van der Waals surface area contributed by atoms with Gasteiger partial charge in [0.05, 0.1) is 11.5 Å². The third-order valence-electron chi connectivity index (χ3n) is 6.28. The second-order valence-corrected chi connectivity index (χ2v) is 9.38. The van der Waals surface area contributed by atoms with Crippen LogP contribution >= 0.6 is 0 Å². The molecule has 5 nitrogen and oxygen atoms in total. The van der Waals surface area contributed by atoms with Crippen LogP contribution in [0.2, 0.25) is 0 Å². The van der Waals surface area contributed by atoms with E-state index in [-0.39, 0.29) is 5.91 Å². The zero-order chi connectivity index (χ0) is 22.1. The van der Waals surface area contributed by atoms with Gasteiger partial charge in [-0.05, 0) is 76.1 Å². The van der Waals surface area contributed by atoms with E-state index in [1.165, 1.54) is 18.4 Å². The summed E-state index contributed by atoms with van der Waals surface area (Å²) in [4.78, 5) is 14.5. The molecule has 1 aliphatic carbocycles. The standard InChI is InChI=1S/C26H36N2O3/c1-26(2,25(29)27-30)20-28(19-22-9-5-3-6-10-22)18-17-21-13-15-24(16-14-21)31-23-11-7-4-8-12-23/h3-12,21,24,30H,13-20H2,1-2H3,(H,27,29). The Bertz CT molecular complexity index is 787. The first-order valence-electron chi connectivity index (χ1n) is 11.4. The van der Waals surface area contributed by atoms with Crippen molar-refractivity contribution in [3.63, 3.8) is 0 Å². The molecule has 0 unspecified atom stereocenters. The van der Waals surface area contributed by atoms with Crippen LogP contribution in [-0.2, 0) is 11.3 Å². The summed E-state index contributed by atoms with van der Waals surface area (Å²) in [7, 11) is 0. The van der Waals surface area contributed by atoms with Crippen LogP contribution in [0.3, 0.4) is 0 Å². The van der Waals surface area contributed by atoms with Crippen molar-refractivity contribution < 1.29 is 14.7 Å². The minimum Gasteiger partial charge on any atom is -0.490 e. The molecule has 168 valence electrons. The molecule has 0 radical (unpaired) electrons. The van der Waals surface area contributed by atoms with Gasteiger partial charge in [0.2, 0.25) is 5.91 Å². The summed E-state index contributed by atoms with van der Waals surface area (Å²) in [6, 6.07) is 20.5. The third kappa shape index (κ3) is 7.37. The van der Waals surface area contributed by atoms with Crippen molar-refractivity contribution >= 4 is 5.91 Å². The van der Waals surface area contributed by atoms with Crippen molar-refractivity contribution in [2.24, 2.45) is 11.3 Å². The van der Waals surface area contributed by atoms with Crippen molar-refractivity contribution in [2.75, 3.05) is 13.1 Å². The number of nitrogens with one attached hydrogen (secondary N) is 1. The first-order chi connectivity index (χ1) is 15.0. The van der Waals surface area contributed by atoms with E-state index in [0.717, 1.165) is 38.1 Å². The fourth-order valence-electron chi connectivity index (χ4n) is 4.43. The van der Waals surface area contributed by atoms with Gasteiger partial charge in [-0.2, -0.15) is 0 Å².